The first-order valence-electron chi connectivity index (χ1n) is 5.92. The molecule has 1 aromatic carbocycles. The van der Waals surface area contributed by atoms with Gasteiger partial charge in [-0.25, -0.2) is 0 Å². The van der Waals surface area contributed by atoms with Crippen molar-refractivity contribution in [2.24, 2.45) is 0 Å². The molecule has 0 heterocycles. The lowest BCUT2D eigenvalue weighted by Crippen LogP contribution is -2.35. The minimum atomic E-state index is -0.775. The van der Waals surface area contributed by atoms with Crippen LogP contribution < -0.4 is 0 Å². The van der Waals surface area contributed by atoms with Crippen molar-refractivity contribution in [1.29, 1.82) is 0 Å². The van der Waals surface area contributed by atoms with E-state index in [0.29, 0.717) is 6.54 Å². The molecule has 3 nitrogen and oxygen atoms in total. The second-order valence-corrected chi connectivity index (χ2v) is 4.81. The van der Waals surface area contributed by atoms with Crippen molar-refractivity contribution < 1.29 is 9.90 Å². The third kappa shape index (κ3) is 4.19. The normalized spacial score (nSPS) is 11.2. The molecule has 0 amide bonds. The molecule has 0 fully saturated rings. The molecule has 0 atom stereocenters. The van der Waals surface area contributed by atoms with Gasteiger partial charge >= 0.3 is 5.97 Å². The summed E-state index contributed by atoms with van der Waals surface area (Å²) in [5.74, 6) is -0.775. The monoisotopic (exact) mass is 235 g/mol. The summed E-state index contributed by atoms with van der Waals surface area (Å²) in [5.41, 5.74) is 3.69. The quantitative estimate of drug-likeness (QED) is 0.852. The van der Waals surface area contributed by atoms with Crippen LogP contribution in [0.3, 0.4) is 0 Å². The molecule has 1 N–H and O–H groups in total. The predicted molar refractivity (Wildman–Crippen MR) is 69.1 cm³/mol. The smallest absolute Gasteiger partial charge is 0.317 e. The minimum absolute atomic E-state index is 0.0879. The molecular weight excluding hydrogens is 214 g/mol. The van der Waals surface area contributed by atoms with Gasteiger partial charge in [0.2, 0.25) is 0 Å². The Hall–Kier alpha value is -1.35. The fourth-order valence-electron chi connectivity index (χ4n) is 1.73. The Morgan fingerprint density at radius 1 is 1.29 bits per heavy atom. The van der Waals surface area contributed by atoms with E-state index in [2.05, 4.69) is 32.0 Å². The molecule has 0 aliphatic heterocycles. The first kappa shape index (κ1) is 13.7. The van der Waals surface area contributed by atoms with E-state index in [0.717, 1.165) is 0 Å². The van der Waals surface area contributed by atoms with E-state index in [9.17, 15) is 4.79 Å². The lowest BCUT2D eigenvalue weighted by atomic mass is 10.1. The van der Waals surface area contributed by atoms with Crippen LogP contribution in [-0.2, 0) is 11.3 Å². The van der Waals surface area contributed by atoms with Gasteiger partial charge in [-0.3, -0.25) is 9.69 Å². The van der Waals surface area contributed by atoms with Crippen LogP contribution in [-0.4, -0.2) is 28.6 Å². The highest BCUT2D eigenvalue weighted by atomic mass is 16.4. The Morgan fingerprint density at radius 3 is 2.41 bits per heavy atom. The van der Waals surface area contributed by atoms with Gasteiger partial charge < -0.3 is 5.11 Å². The second-order valence-electron chi connectivity index (χ2n) is 4.81. The van der Waals surface area contributed by atoms with Crippen molar-refractivity contribution in [1.82, 2.24) is 4.90 Å². The van der Waals surface area contributed by atoms with Gasteiger partial charge in [0.15, 0.2) is 0 Å². The third-order valence-corrected chi connectivity index (χ3v) is 3.03. The summed E-state index contributed by atoms with van der Waals surface area (Å²) in [6.07, 6.45) is 0. The van der Waals surface area contributed by atoms with Gasteiger partial charge in [-0.1, -0.05) is 18.2 Å². The number of carboxylic acid groups (broad SMARTS) is 1. The summed E-state index contributed by atoms with van der Waals surface area (Å²) < 4.78 is 0. The largest absolute Gasteiger partial charge is 0.480 e. The first-order valence-corrected chi connectivity index (χ1v) is 5.92. The molecule has 0 unspecified atom stereocenters. The molecule has 1 aromatic rings. The molecule has 0 aliphatic carbocycles. The third-order valence-electron chi connectivity index (χ3n) is 3.03. The molecule has 0 aromatic heterocycles. The Balaban J connectivity index is 2.78. The number of hydrogen-bond acceptors (Lipinski definition) is 2. The van der Waals surface area contributed by atoms with Gasteiger partial charge in [-0.2, -0.15) is 0 Å². The second kappa shape index (κ2) is 5.82. The number of benzene rings is 1. The van der Waals surface area contributed by atoms with Crippen LogP contribution in [0.4, 0.5) is 0 Å². The summed E-state index contributed by atoms with van der Waals surface area (Å²) in [6, 6.07) is 6.52. The molecular formula is C14H21NO2. The lowest BCUT2D eigenvalue weighted by Gasteiger charge is -2.24. The molecule has 0 saturated heterocycles. The number of carbonyl (C=O) groups is 1. The van der Waals surface area contributed by atoms with Gasteiger partial charge in [-0.15, -0.1) is 0 Å². The molecule has 3 heteroatoms. The average molecular weight is 235 g/mol. The SMILES string of the molecule is Cc1ccc(CN(CC(=O)O)C(C)C)cc1C. The number of aryl methyl sites for hydroxylation is 2. The molecule has 0 aliphatic rings. The van der Waals surface area contributed by atoms with Crippen LogP contribution in [0.2, 0.25) is 0 Å². The highest BCUT2D eigenvalue weighted by molar-refractivity contribution is 5.69. The molecule has 0 bridgehead atoms. The van der Waals surface area contributed by atoms with Gasteiger partial charge in [-0.05, 0) is 44.4 Å². The molecule has 1 rings (SSSR count). The van der Waals surface area contributed by atoms with E-state index in [-0.39, 0.29) is 12.6 Å². The Morgan fingerprint density at radius 2 is 1.94 bits per heavy atom. The summed E-state index contributed by atoms with van der Waals surface area (Å²) in [7, 11) is 0. The van der Waals surface area contributed by atoms with Gasteiger partial charge in [0.1, 0.15) is 0 Å². The highest BCUT2D eigenvalue weighted by Gasteiger charge is 2.13. The first-order chi connectivity index (χ1) is 7.90. The zero-order valence-electron chi connectivity index (χ0n) is 11.0. The van der Waals surface area contributed by atoms with Crippen LogP contribution >= 0.6 is 0 Å². The highest BCUT2D eigenvalue weighted by Crippen LogP contribution is 2.13. The van der Waals surface area contributed by atoms with Crippen molar-refractivity contribution in [3.8, 4) is 0 Å². The number of rotatable bonds is 5. The fourth-order valence-corrected chi connectivity index (χ4v) is 1.73. The van der Waals surface area contributed by atoms with Gasteiger partial charge in [0, 0.05) is 12.6 Å². The summed E-state index contributed by atoms with van der Waals surface area (Å²) in [5, 5.41) is 8.87. The van der Waals surface area contributed by atoms with Crippen molar-refractivity contribution in [3.63, 3.8) is 0 Å². The van der Waals surface area contributed by atoms with Crippen LogP contribution in [0.5, 0.6) is 0 Å². The Kier molecular flexibility index (Phi) is 4.70. The molecule has 94 valence electrons. The van der Waals surface area contributed by atoms with Crippen LogP contribution in [0.1, 0.15) is 30.5 Å². The number of nitrogens with zero attached hydrogens (tertiary/aromatic N) is 1. The predicted octanol–water partition coefficient (Wildman–Crippen LogP) is 2.60. The lowest BCUT2D eigenvalue weighted by molar-refractivity contribution is -0.138. The standard InChI is InChI=1S/C14H21NO2/c1-10(2)15(9-14(16)17)8-13-6-5-11(3)12(4)7-13/h5-7,10H,8-9H2,1-4H3,(H,16,17). The van der Waals surface area contributed by atoms with E-state index in [1.165, 1.54) is 16.7 Å². The van der Waals surface area contributed by atoms with Gasteiger partial charge in [0.05, 0.1) is 6.54 Å². The van der Waals surface area contributed by atoms with Crippen molar-refractivity contribution in [3.05, 3.63) is 34.9 Å². The number of aliphatic carboxylic acids is 1. The molecule has 17 heavy (non-hydrogen) atoms. The van der Waals surface area contributed by atoms with Crippen LogP contribution in [0, 0.1) is 13.8 Å². The van der Waals surface area contributed by atoms with Crippen molar-refractivity contribution >= 4 is 5.97 Å². The van der Waals surface area contributed by atoms with E-state index in [1.807, 2.05) is 18.7 Å². The van der Waals surface area contributed by atoms with Gasteiger partial charge in [0.25, 0.3) is 0 Å². The molecule has 0 radical (unpaired) electrons. The van der Waals surface area contributed by atoms with E-state index < -0.39 is 5.97 Å². The fraction of sp³-hybridized carbons (Fsp3) is 0.500. The van der Waals surface area contributed by atoms with Crippen LogP contribution in [0.25, 0.3) is 0 Å². The Labute approximate surface area is 103 Å². The van der Waals surface area contributed by atoms with Crippen LogP contribution in [0.15, 0.2) is 18.2 Å². The summed E-state index contributed by atoms with van der Waals surface area (Å²) in [6.45, 7) is 8.97. The molecule has 0 spiro atoms. The number of carboxylic acids is 1. The topological polar surface area (TPSA) is 40.5 Å². The maximum Gasteiger partial charge on any atom is 0.317 e. The number of hydrogen-bond donors (Lipinski definition) is 1. The maximum atomic E-state index is 10.8. The minimum Gasteiger partial charge on any atom is -0.480 e. The van der Waals surface area contributed by atoms with E-state index >= 15 is 0 Å². The van der Waals surface area contributed by atoms with E-state index in [4.69, 9.17) is 5.11 Å². The molecule has 0 saturated carbocycles. The van der Waals surface area contributed by atoms with Crippen molar-refractivity contribution in [2.45, 2.75) is 40.3 Å². The zero-order chi connectivity index (χ0) is 13.0. The maximum absolute atomic E-state index is 10.8. The van der Waals surface area contributed by atoms with Crippen molar-refractivity contribution in [2.75, 3.05) is 6.54 Å². The zero-order valence-corrected chi connectivity index (χ0v) is 11.0. The average Bonchev–Trinajstić information content (AvgIpc) is 2.21. The summed E-state index contributed by atoms with van der Waals surface area (Å²) >= 11 is 0. The summed E-state index contributed by atoms with van der Waals surface area (Å²) in [4.78, 5) is 12.7. The van der Waals surface area contributed by atoms with E-state index in [1.54, 1.807) is 0 Å². The Bertz CT molecular complexity index is 399.